The standard InChI is InChI=1S/C24H32O4/c1-15-8-10-21-18(12-15)9-11-20-16(2)6-4-5-7-17(3)28-23(27)14-19(25)13-22(26)24(20)21/h4-9,11,16-21,24-25H,10,12-14H2,1-3H3/b6-4-,7-5+/t16-,17+,18-,19?,20+,21-,24-/m0/s1. The summed E-state index contributed by atoms with van der Waals surface area (Å²) in [6.07, 6.45) is 15.0. The number of ketones is 1. The second-order valence-corrected chi connectivity index (χ2v) is 8.66. The maximum atomic E-state index is 13.3. The zero-order valence-corrected chi connectivity index (χ0v) is 17.1. The third-order valence-corrected chi connectivity index (χ3v) is 6.35. The second-order valence-electron chi connectivity index (χ2n) is 8.66. The van der Waals surface area contributed by atoms with Crippen LogP contribution in [0, 0.1) is 29.6 Å². The fourth-order valence-electron chi connectivity index (χ4n) is 4.89. The van der Waals surface area contributed by atoms with Crippen LogP contribution in [0.5, 0.6) is 0 Å². The summed E-state index contributed by atoms with van der Waals surface area (Å²) in [6, 6.07) is 0. The Bertz CT molecular complexity index is 714. The molecule has 1 unspecified atom stereocenters. The number of aliphatic hydroxyl groups excluding tert-OH is 1. The van der Waals surface area contributed by atoms with Gasteiger partial charge in [0.15, 0.2) is 0 Å². The number of Topliss-reactive ketones (excluding diaryl/α,β-unsaturated/α-hetero) is 1. The maximum absolute atomic E-state index is 13.3. The van der Waals surface area contributed by atoms with E-state index < -0.39 is 12.1 Å². The van der Waals surface area contributed by atoms with E-state index in [9.17, 15) is 14.7 Å². The predicted molar refractivity (Wildman–Crippen MR) is 109 cm³/mol. The number of esters is 1. The average Bonchev–Trinajstić information content (AvgIpc) is 2.62. The molecule has 1 heterocycles. The molecule has 0 aromatic carbocycles. The van der Waals surface area contributed by atoms with Crippen LogP contribution in [0.4, 0.5) is 0 Å². The Balaban J connectivity index is 1.91. The molecule has 4 heteroatoms. The Labute approximate surface area is 168 Å². The van der Waals surface area contributed by atoms with Gasteiger partial charge in [-0.2, -0.15) is 0 Å². The molecule has 0 spiro atoms. The molecule has 3 rings (SSSR count). The van der Waals surface area contributed by atoms with Crippen molar-refractivity contribution in [1.82, 2.24) is 0 Å². The van der Waals surface area contributed by atoms with Gasteiger partial charge in [0, 0.05) is 12.3 Å². The fraction of sp³-hybridized carbons (Fsp3) is 0.583. The van der Waals surface area contributed by atoms with E-state index in [2.05, 4.69) is 38.2 Å². The summed E-state index contributed by atoms with van der Waals surface area (Å²) < 4.78 is 5.28. The molecule has 152 valence electrons. The largest absolute Gasteiger partial charge is 0.458 e. The van der Waals surface area contributed by atoms with Crippen LogP contribution < -0.4 is 0 Å². The Kier molecular flexibility index (Phi) is 6.71. The van der Waals surface area contributed by atoms with Gasteiger partial charge in [-0.05, 0) is 56.4 Å². The summed E-state index contributed by atoms with van der Waals surface area (Å²) in [4.78, 5) is 25.3. The molecule has 3 aliphatic rings. The first-order valence-corrected chi connectivity index (χ1v) is 10.4. The molecule has 7 atom stereocenters. The van der Waals surface area contributed by atoms with Gasteiger partial charge in [-0.1, -0.05) is 49.0 Å². The number of fused-ring (bicyclic) bond motifs is 3. The van der Waals surface area contributed by atoms with Gasteiger partial charge in [-0.15, -0.1) is 0 Å². The number of allylic oxidation sites excluding steroid dienone is 7. The van der Waals surface area contributed by atoms with Crippen molar-refractivity contribution in [1.29, 1.82) is 0 Å². The quantitative estimate of drug-likeness (QED) is 0.503. The van der Waals surface area contributed by atoms with Crippen LogP contribution in [0.3, 0.4) is 0 Å². The van der Waals surface area contributed by atoms with Crippen LogP contribution in [0.2, 0.25) is 0 Å². The van der Waals surface area contributed by atoms with E-state index in [1.165, 1.54) is 5.57 Å². The summed E-state index contributed by atoms with van der Waals surface area (Å²) >= 11 is 0. The molecule has 1 aliphatic heterocycles. The van der Waals surface area contributed by atoms with Crippen molar-refractivity contribution in [3.63, 3.8) is 0 Å². The number of cyclic esters (lactones) is 1. The minimum absolute atomic E-state index is 0.0106. The van der Waals surface area contributed by atoms with Crippen molar-refractivity contribution in [2.24, 2.45) is 29.6 Å². The average molecular weight is 385 g/mol. The van der Waals surface area contributed by atoms with Gasteiger partial charge in [0.2, 0.25) is 0 Å². The molecule has 0 saturated carbocycles. The molecule has 1 N–H and O–H groups in total. The van der Waals surface area contributed by atoms with E-state index in [0.717, 1.165) is 12.8 Å². The summed E-state index contributed by atoms with van der Waals surface area (Å²) in [7, 11) is 0. The third kappa shape index (κ3) is 4.91. The van der Waals surface area contributed by atoms with Gasteiger partial charge < -0.3 is 9.84 Å². The number of hydrogen-bond donors (Lipinski definition) is 1. The third-order valence-electron chi connectivity index (χ3n) is 6.35. The van der Waals surface area contributed by atoms with E-state index in [-0.39, 0.29) is 48.4 Å². The molecular weight excluding hydrogens is 352 g/mol. The number of hydrogen-bond acceptors (Lipinski definition) is 4. The summed E-state index contributed by atoms with van der Waals surface area (Å²) in [6.45, 7) is 6.09. The Morgan fingerprint density at radius 3 is 2.54 bits per heavy atom. The number of rotatable bonds is 0. The lowest BCUT2D eigenvalue weighted by Gasteiger charge is -2.42. The first kappa shape index (κ1) is 20.8. The molecule has 0 radical (unpaired) electrons. The summed E-state index contributed by atoms with van der Waals surface area (Å²) in [5.41, 5.74) is 1.38. The highest BCUT2D eigenvalue weighted by Gasteiger charge is 2.42. The van der Waals surface area contributed by atoms with Crippen LogP contribution in [-0.4, -0.2) is 29.1 Å². The van der Waals surface area contributed by atoms with Crippen molar-refractivity contribution in [2.75, 3.05) is 0 Å². The number of ether oxygens (including phenoxy) is 1. The van der Waals surface area contributed by atoms with Gasteiger partial charge in [-0.3, -0.25) is 9.59 Å². The lowest BCUT2D eigenvalue weighted by molar-refractivity contribution is -0.148. The van der Waals surface area contributed by atoms with Crippen LogP contribution in [0.15, 0.2) is 48.1 Å². The Hall–Kier alpha value is -1.94. The Morgan fingerprint density at radius 2 is 1.75 bits per heavy atom. The van der Waals surface area contributed by atoms with Gasteiger partial charge in [-0.25, -0.2) is 0 Å². The predicted octanol–water partition coefficient (Wildman–Crippen LogP) is 4.17. The molecule has 2 aliphatic carbocycles. The lowest BCUT2D eigenvalue weighted by atomic mass is 9.61. The van der Waals surface area contributed by atoms with Crippen molar-refractivity contribution < 1.29 is 19.4 Å². The van der Waals surface area contributed by atoms with Crippen molar-refractivity contribution in [2.45, 2.75) is 58.7 Å². The van der Waals surface area contributed by atoms with E-state index in [1.54, 1.807) is 6.92 Å². The minimum Gasteiger partial charge on any atom is -0.458 e. The minimum atomic E-state index is -0.990. The van der Waals surface area contributed by atoms with Crippen LogP contribution in [-0.2, 0) is 14.3 Å². The summed E-state index contributed by atoms with van der Waals surface area (Å²) in [5, 5.41) is 10.4. The molecular formula is C24H32O4. The van der Waals surface area contributed by atoms with Crippen molar-refractivity contribution >= 4 is 11.8 Å². The highest BCUT2D eigenvalue weighted by atomic mass is 16.5. The van der Waals surface area contributed by atoms with E-state index in [0.29, 0.717) is 5.92 Å². The van der Waals surface area contributed by atoms with E-state index in [1.807, 2.05) is 18.2 Å². The first-order chi connectivity index (χ1) is 13.3. The summed E-state index contributed by atoms with van der Waals surface area (Å²) in [5.74, 6) is 0.443. The fourth-order valence-corrected chi connectivity index (χ4v) is 4.89. The normalized spacial score (nSPS) is 41.7. The molecule has 0 amide bonds. The van der Waals surface area contributed by atoms with Crippen LogP contribution >= 0.6 is 0 Å². The molecule has 0 bridgehead atoms. The van der Waals surface area contributed by atoms with Crippen LogP contribution in [0.1, 0.15) is 46.5 Å². The van der Waals surface area contributed by atoms with Gasteiger partial charge >= 0.3 is 5.97 Å². The van der Waals surface area contributed by atoms with Gasteiger partial charge in [0.1, 0.15) is 11.9 Å². The Morgan fingerprint density at radius 1 is 1.00 bits per heavy atom. The molecule has 0 fully saturated rings. The smallest absolute Gasteiger partial charge is 0.309 e. The molecule has 0 saturated heterocycles. The second kappa shape index (κ2) is 9.04. The molecule has 4 nitrogen and oxygen atoms in total. The van der Waals surface area contributed by atoms with Gasteiger partial charge in [0.25, 0.3) is 0 Å². The topological polar surface area (TPSA) is 63.6 Å². The van der Waals surface area contributed by atoms with Crippen LogP contribution in [0.25, 0.3) is 0 Å². The maximum Gasteiger partial charge on any atom is 0.309 e. The molecule has 28 heavy (non-hydrogen) atoms. The van der Waals surface area contributed by atoms with E-state index in [4.69, 9.17) is 4.74 Å². The molecule has 0 aromatic rings. The monoisotopic (exact) mass is 384 g/mol. The van der Waals surface area contributed by atoms with E-state index >= 15 is 0 Å². The highest BCUT2D eigenvalue weighted by molar-refractivity contribution is 5.83. The number of aliphatic hydroxyl groups is 1. The molecule has 0 aromatic heterocycles. The number of carbonyl (C=O) groups is 2. The van der Waals surface area contributed by atoms with Crippen molar-refractivity contribution in [3.8, 4) is 0 Å². The van der Waals surface area contributed by atoms with Gasteiger partial charge in [0.05, 0.1) is 12.5 Å². The number of carbonyl (C=O) groups excluding carboxylic acids is 2. The first-order valence-electron chi connectivity index (χ1n) is 10.4. The lowest BCUT2D eigenvalue weighted by Crippen LogP contribution is -2.41. The highest BCUT2D eigenvalue weighted by Crippen LogP contribution is 2.45. The zero-order chi connectivity index (χ0) is 20.3. The SMILES string of the molecule is CC1=CC[C@@H]2[C@H]3C(=O)CC(O)CC(=O)O[C@H](C)/C=C/C=C\[C@H](C)[C@H]3C=C[C@H]2C1. The van der Waals surface area contributed by atoms with Crippen molar-refractivity contribution in [3.05, 3.63) is 48.1 Å². The zero-order valence-electron chi connectivity index (χ0n) is 17.1.